The van der Waals surface area contributed by atoms with E-state index in [4.69, 9.17) is 4.74 Å². The van der Waals surface area contributed by atoms with Gasteiger partial charge in [0, 0.05) is 0 Å². The first-order valence-electron chi connectivity index (χ1n) is 7.94. The van der Waals surface area contributed by atoms with Crippen LogP contribution in [-0.4, -0.2) is 38.8 Å². The van der Waals surface area contributed by atoms with E-state index in [1.54, 1.807) is 22.8 Å². The summed E-state index contributed by atoms with van der Waals surface area (Å²) in [7, 11) is 0. The number of benzene rings is 1. The van der Waals surface area contributed by atoms with Crippen molar-refractivity contribution in [3.05, 3.63) is 65.9 Å². The predicted molar refractivity (Wildman–Crippen MR) is 92.9 cm³/mol. The third-order valence-corrected chi connectivity index (χ3v) is 3.79. The molecule has 0 bridgehead atoms. The minimum absolute atomic E-state index is 0.251. The van der Waals surface area contributed by atoms with E-state index in [0.29, 0.717) is 24.7 Å². The monoisotopic (exact) mass is 337 g/mol. The maximum absolute atomic E-state index is 12.2. The third kappa shape index (κ3) is 4.20. The van der Waals surface area contributed by atoms with E-state index in [2.05, 4.69) is 27.4 Å². The molecule has 25 heavy (non-hydrogen) atoms. The van der Waals surface area contributed by atoms with Gasteiger partial charge in [0.05, 0.1) is 6.54 Å². The predicted octanol–water partition coefficient (Wildman–Crippen LogP) is 2.09. The van der Waals surface area contributed by atoms with Crippen LogP contribution in [0.25, 0.3) is 5.82 Å². The van der Waals surface area contributed by atoms with Gasteiger partial charge in [0.15, 0.2) is 0 Å². The molecule has 128 valence electrons. The van der Waals surface area contributed by atoms with Gasteiger partial charge in [0.2, 0.25) is 0 Å². The SMILES string of the molecule is Cc1ccc(OCCNC(=O)c2cccc(-n3cnnc3)n2)cc1C. The first-order chi connectivity index (χ1) is 12.1. The van der Waals surface area contributed by atoms with Gasteiger partial charge in [-0.05, 0) is 49.2 Å². The van der Waals surface area contributed by atoms with Gasteiger partial charge in [-0.3, -0.25) is 9.36 Å². The molecule has 0 saturated heterocycles. The van der Waals surface area contributed by atoms with Crippen LogP contribution in [0.3, 0.4) is 0 Å². The Morgan fingerprint density at radius 2 is 1.92 bits per heavy atom. The summed E-state index contributed by atoms with van der Waals surface area (Å²) in [5.74, 6) is 1.13. The normalized spacial score (nSPS) is 10.5. The number of nitrogens with zero attached hydrogens (tertiary/aromatic N) is 4. The smallest absolute Gasteiger partial charge is 0.270 e. The molecule has 0 fully saturated rings. The van der Waals surface area contributed by atoms with Crippen molar-refractivity contribution in [2.75, 3.05) is 13.2 Å². The van der Waals surface area contributed by atoms with Gasteiger partial charge in [-0.15, -0.1) is 10.2 Å². The molecule has 1 aromatic carbocycles. The summed E-state index contributed by atoms with van der Waals surface area (Å²) in [5, 5.41) is 10.3. The highest BCUT2D eigenvalue weighted by Crippen LogP contribution is 2.16. The molecular formula is C18H19N5O2. The van der Waals surface area contributed by atoms with Gasteiger partial charge in [0.25, 0.3) is 5.91 Å². The fourth-order valence-corrected chi connectivity index (χ4v) is 2.24. The lowest BCUT2D eigenvalue weighted by molar-refractivity contribution is 0.0942. The first-order valence-corrected chi connectivity index (χ1v) is 7.94. The van der Waals surface area contributed by atoms with E-state index < -0.39 is 0 Å². The molecule has 0 spiro atoms. The Balaban J connectivity index is 1.52. The second-order valence-electron chi connectivity index (χ2n) is 5.60. The van der Waals surface area contributed by atoms with Crippen LogP contribution in [0.2, 0.25) is 0 Å². The average Bonchev–Trinajstić information content (AvgIpc) is 3.16. The van der Waals surface area contributed by atoms with Crippen LogP contribution in [0, 0.1) is 13.8 Å². The van der Waals surface area contributed by atoms with Gasteiger partial charge in [0.1, 0.15) is 36.5 Å². The van der Waals surface area contributed by atoms with Crippen molar-refractivity contribution in [2.24, 2.45) is 0 Å². The molecule has 1 amide bonds. The minimum Gasteiger partial charge on any atom is -0.492 e. The number of carbonyl (C=O) groups excluding carboxylic acids is 1. The number of nitrogens with one attached hydrogen (secondary N) is 1. The van der Waals surface area contributed by atoms with Crippen LogP contribution in [0.4, 0.5) is 0 Å². The van der Waals surface area contributed by atoms with Crippen LogP contribution >= 0.6 is 0 Å². The Labute approximate surface area is 145 Å². The van der Waals surface area contributed by atoms with Crippen molar-refractivity contribution in [2.45, 2.75) is 13.8 Å². The van der Waals surface area contributed by atoms with Crippen molar-refractivity contribution in [3.8, 4) is 11.6 Å². The summed E-state index contributed by atoms with van der Waals surface area (Å²) >= 11 is 0. The van der Waals surface area contributed by atoms with Crippen LogP contribution in [0.1, 0.15) is 21.6 Å². The van der Waals surface area contributed by atoms with Gasteiger partial charge in [-0.1, -0.05) is 12.1 Å². The van der Waals surface area contributed by atoms with Crippen molar-refractivity contribution in [3.63, 3.8) is 0 Å². The second kappa shape index (κ2) is 7.57. The van der Waals surface area contributed by atoms with E-state index >= 15 is 0 Å². The Morgan fingerprint density at radius 1 is 1.12 bits per heavy atom. The molecule has 0 atom stereocenters. The van der Waals surface area contributed by atoms with Gasteiger partial charge in [-0.25, -0.2) is 4.98 Å². The number of amides is 1. The molecule has 0 radical (unpaired) electrons. The van der Waals surface area contributed by atoms with Crippen molar-refractivity contribution >= 4 is 5.91 Å². The quantitative estimate of drug-likeness (QED) is 0.697. The third-order valence-electron chi connectivity index (χ3n) is 3.79. The lowest BCUT2D eigenvalue weighted by Crippen LogP contribution is -2.29. The molecule has 1 N–H and O–H groups in total. The van der Waals surface area contributed by atoms with Crippen molar-refractivity contribution in [1.29, 1.82) is 0 Å². The Bertz CT molecular complexity index is 862. The highest BCUT2D eigenvalue weighted by molar-refractivity contribution is 5.92. The zero-order chi connectivity index (χ0) is 17.6. The maximum atomic E-state index is 12.2. The zero-order valence-corrected chi connectivity index (χ0v) is 14.1. The standard InChI is InChI=1S/C18H19N5O2/c1-13-6-7-15(10-14(13)2)25-9-8-19-18(24)16-4-3-5-17(22-16)23-11-20-21-12-23/h3-7,10-12H,8-9H2,1-2H3,(H,19,24). The number of rotatable bonds is 6. The topological polar surface area (TPSA) is 81.9 Å². The summed E-state index contributed by atoms with van der Waals surface area (Å²) in [4.78, 5) is 16.5. The molecule has 7 heteroatoms. The van der Waals surface area contributed by atoms with E-state index in [0.717, 1.165) is 5.75 Å². The molecule has 0 aliphatic carbocycles. The average molecular weight is 337 g/mol. The van der Waals surface area contributed by atoms with Gasteiger partial charge >= 0.3 is 0 Å². The maximum Gasteiger partial charge on any atom is 0.270 e. The zero-order valence-electron chi connectivity index (χ0n) is 14.1. The second-order valence-corrected chi connectivity index (χ2v) is 5.60. The van der Waals surface area contributed by atoms with E-state index in [9.17, 15) is 4.79 Å². The number of aromatic nitrogens is 4. The summed E-state index contributed by atoms with van der Waals surface area (Å²) in [6, 6.07) is 11.1. The summed E-state index contributed by atoms with van der Waals surface area (Å²) in [5.41, 5.74) is 2.73. The molecule has 0 saturated carbocycles. The molecule has 7 nitrogen and oxygen atoms in total. The fraction of sp³-hybridized carbons (Fsp3) is 0.222. The summed E-state index contributed by atoms with van der Waals surface area (Å²) in [6.07, 6.45) is 3.06. The van der Waals surface area contributed by atoms with Crippen LogP contribution in [-0.2, 0) is 0 Å². The lowest BCUT2D eigenvalue weighted by Gasteiger charge is -2.09. The lowest BCUT2D eigenvalue weighted by atomic mass is 10.1. The fourth-order valence-electron chi connectivity index (χ4n) is 2.24. The van der Waals surface area contributed by atoms with E-state index in [-0.39, 0.29) is 5.91 Å². The molecule has 0 aliphatic rings. The Morgan fingerprint density at radius 3 is 2.68 bits per heavy atom. The van der Waals surface area contributed by atoms with Gasteiger partial charge in [-0.2, -0.15) is 0 Å². The molecule has 2 heterocycles. The molecule has 3 aromatic rings. The molecule has 0 aliphatic heterocycles. The minimum atomic E-state index is -0.251. The number of aryl methyl sites for hydroxylation is 2. The van der Waals surface area contributed by atoms with Crippen LogP contribution < -0.4 is 10.1 Å². The highest BCUT2D eigenvalue weighted by atomic mass is 16.5. The number of carbonyl (C=O) groups is 1. The van der Waals surface area contributed by atoms with Crippen molar-refractivity contribution in [1.82, 2.24) is 25.1 Å². The van der Waals surface area contributed by atoms with E-state index in [1.165, 1.54) is 23.8 Å². The molecule has 2 aromatic heterocycles. The van der Waals surface area contributed by atoms with Crippen LogP contribution in [0.15, 0.2) is 49.1 Å². The Kier molecular flexibility index (Phi) is 5.03. The number of ether oxygens (including phenoxy) is 1. The molecule has 3 rings (SSSR count). The van der Waals surface area contributed by atoms with Crippen LogP contribution in [0.5, 0.6) is 5.75 Å². The summed E-state index contributed by atoms with van der Waals surface area (Å²) in [6.45, 7) is 4.88. The first kappa shape index (κ1) is 16.6. The largest absolute Gasteiger partial charge is 0.492 e. The van der Waals surface area contributed by atoms with Crippen molar-refractivity contribution < 1.29 is 9.53 Å². The molecular weight excluding hydrogens is 318 g/mol. The highest BCUT2D eigenvalue weighted by Gasteiger charge is 2.08. The van der Waals surface area contributed by atoms with E-state index in [1.807, 2.05) is 25.1 Å². The summed E-state index contributed by atoms with van der Waals surface area (Å²) < 4.78 is 7.29. The number of hydrogen-bond acceptors (Lipinski definition) is 5. The van der Waals surface area contributed by atoms with Gasteiger partial charge < -0.3 is 10.1 Å². The number of pyridine rings is 1. The molecule has 0 unspecified atom stereocenters. The number of hydrogen-bond donors (Lipinski definition) is 1. The Hall–Kier alpha value is -3.22.